The summed E-state index contributed by atoms with van der Waals surface area (Å²) >= 11 is 0. The predicted octanol–water partition coefficient (Wildman–Crippen LogP) is 8.51. The lowest BCUT2D eigenvalue weighted by molar-refractivity contribution is 0.273. The minimum Gasteiger partial charge on any atom is -0.507 e. The monoisotopic (exact) mass is 388 g/mol. The van der Waals surface area contributed by atoms with Gasteiger partial charge in [0.1, 0.15) is 5.75 Å². The van der Waals surface area contributed by atoms with Crippen LogP contribution in [0.15, 0.2) is 12.1 Å². The second-order valence-corrected chi connectivity index (χ2v) is 13.4. The first-order valence-electron chi connectivity index (χ1n) is 11.1. The highest BCUT2D eigenvalue weighted by Crippen LogP contribution is 2.47. The molecule has 0 fully saturated rings. The van der Waals surface area contributed by atoms with Crippen LogP contribution in [-0.4, -0.2) is 5.11 Å². The van der Waals surface area contributed by atoms with Gasteiger partial charge in [0.05, 0.1) is 0 Å². The molecule has 1 heteroatoms. The lowest BCUT2D eigenvalue weighted by atomic mass is 9.66. The Morgan fingerprint density at radius 1 is 0.607 bits per heavy atom. The Labute approximate surface area is 176 Å². The summed E-state index contributed by atoms with van der Waals surface area (Å²) in [6.45, 7) is 29.8. The van der Waals surface area contributed by atoms with Crippen LogP contribution in [0.5, 0.6) is 5.75 Å². The number of aromatic hydroxyl groups is 1. The van der Waals surface area contributed by atoms with Gasteiger partial charge >= 0.3 is 0 Å². The molecule has 1 aromatic carbocycles. The van der Waals surface area contributed by atoms with Gasteiger partial charge in [-0.25, -0.2) is 0 Å². The Morgan fingerprint density at radius 2 is 0.964 bits per heavy atom. The van der Waals surface area contributed by atoms with Gasteiger partial charge in [-0.1, -0.05) is 102 Å². The summed E-state index contributed by atoms with van der Waals surface area (Å²) in [6.07, 6.45) is 3.14. The number of hydrogen-bond acceptors (Lipinski definition) is 1. The number of hydrogen-bond donors (Lipinski definition) is 1. The van der Waals surface area contributed by atoms with Crippen molar-refractivity contribution in [3.8, 4) is 5.75 Å². The van der Waals surface area contributed by atoms with Gasteiger partial charge < -0.3 is 5.11 Å². The molecule has 162 valence electrons. The van der Waals surface area contributed by atoms with Crippen LogP contribution in [0.2, 0.25) is 0 Å². The van der Waals surface area contributed by atoms with E-state index in [1.54, 1.807) is 0 Å². The van der Waals surface area contributed by atoms with Crippen LogP contribution in [0.25, 0.3) is 0 Å². The molecule has 1 rings (SSSR count). The zero-order valence-electron chi connectivity index (χ0n) is 21.2. The smallest absolute Gasteiger partial charge is 0.123 e. The second kappa shape index (κ2) is 7.69. The predicted molar refractivity (Wildman–Crippen MR) is 126 cm³/mol. The minimum atomic E-state index is -0.0886. The summed E-state index contributed by atoms with van der Waals surface area (Å²) in [7, 11) is 0. The minimum absolute atomic E-state index is 0.0511. The van der Waals surface area contributed by atoms with E-state index < -0.39 is 0 Å². The molecule has 0 radical (unpaired) electrons. The van der Waals surface area contributed by atoms with Crippen LogP contribution in [0.1, 0.15) is 126 Å². The van der Waals surface area contributed by atoms with E-state index in [9.17, 15) is 5.11 Å². The quantitative estimate of drug-likeness (QED) is 0.518. The molecule has 0 atom stereocenters. The van der Waals surface area contributed by atoms with Crippen molar-refractivity contribution in [1.82, 2.24) is 0 Å². The van der Waals surface area contributed by atoms with Crippen LogP contribution < -0.4 is 0 Å². The van der Waals surface area contributed by atoms with E-state index >= 15 is 0 Å². The molecule has 1 nitrogen and oxygen atoms in total. The van der Waals surface area contributed by atoms with Gasteiger partial charge in [0.25, 0.3) is 0 Å². The van der Waals surface area contributed by atoms with Crippen LogP contribution in [0, 0.1) is 10.8 Å². The van der Waals surface area contributed by atoms with Gasteiger partial charge in [0.2, 0.25) is 0 Å². The average Bonchev–Trinajstić information content (AvgIpc) is 2.41. The van der Waals surface area contributed by atoms with Crippen LogP contribution in [0.3, 0.4) is 0 Å². The maximum absolute atomic E-state index is 11.4. The van der Waals surface area contributed by atoms with Gasteiger partial charge in [0.15, 0.2) is 0 Å². The first-order chi connectivity index (χ1) is 12.2. The molecule has 0 aliphatic heterocycles. The molecule has 0 aliphatic rings. The van der Waals surface area contributed by atoms with E-state index in [2.05, 4.69) is 102 Å². The van der Waals surface area contributed by atoms with E-state index in [1.807, 2.05) is 0 Å². The Morgan fingerprint density at radius 3 is 1.32 bits per heavy atom. The maximum atomic E-state index is 11.4. The normalized spacial score (nSPS) is 14.5. The summed E-state index contributed by atoms with van der Waals surface area (Å²) in [6, 6.07) is 4.60. The Kier molecular flexibility index (Phi) is 6.88. The lowest BCUT2D eigenvalue weighted by Crippen LogP contribution is -2.29. The standard InChI is InChI=1S/C27H48O/c1-14-25(8,9)20-15-19(26(10,11)17-23(2,3)4)16-21(22(20)28)27(12,13)18-24(5,6)7/h15-16,28H,14,17-18H2,1-13H3. The number of rotatable bonds is 6. The van der Waals surface area contributed by atoms with Gasteiger partial charge in [-0.15, -0.1) is 0 Å². The first kappa shape index (κ1) is 25.1. The molecule has 0 aromatic heterocycles. The first-order valence-corrected chi connectivity index (χ1v) is 11.1. The summed E-state index contributed by atoms with van der Waals surface area (Å²) in [5.74, 6) is 0.511. The van der Waals surface area contributed by atoms with E-state index in [0.29, 0.717) is 5.75 Å². The Bertz CT molecular complexity index is 675. The molecule has 1 N–H and O–H groups in total. The Balaban J connectivity index is 3.75. The average molecular weight is 389 g/mol. The van der Waals surface area contributed by atoms with E-state index in [1.165, 1.54) is 5.56 Å². The summed E-state index contributed by atoms with van der Waals surface area (Å²) in [5, 5.41) is 11.4. The summed E-state index contributed by atoms with van der Waals surface area (Å²) < 4.78 is 0. The zero-order valence-corrected chi connectivity index (χ0v) is 21.2. The molecular formula is C27H48O. The van der Waals surface area contributed by atoms with E-state index in [0.717, 1.165) is 30.4 Å². The molecule has 0 saturated heterocycles. The van der Waals surface area contributed by atoms with Crippen LogP contribution in [-0.2, 0) is 16.2 Å². The largest absolute Gasteiger partial charge is 0.507 e. The van der Waals surface area contributed by atoms with Crippen molar-refractivity contribution >= 4 is 0 Å². The van der Waals surface area contributed by atoms with Gasteiger partial charge in [-0.05, 0) is 51.9 Å². The van der Waals surface area contributed by atoms with Gasteiger partial charge in [-0.3, -0.25) is 0 Å². The molecule has 28 heavy (non-hydrogen) atoms. The molecule has 0 bridgehead atoms. The van der Waals surface area contributed by atoms with Crippen molar-refractivity contribution in [3.63, 3.8) is 0 Å². The molecule has 0 saturated carbocycles. The lowest BCUT2D eigenvalue weighted by Gasteiger charge is -2.39. The highest BCUT2D eigenvalue weighted by atomic mass is 16.3. The summed E-state index contributed by atoms with van der Waals surface area (Å²) in [5.41, 5.74) is 3.94. The molecular weight excluding hydrogens is 340 g/mol. The zero-order chi connectivity index (χ0) is 22.3. The number of phenolic OH excluding ortho intramolecular Hbond substituents is 1. The highest BCUT2D eigenvalue weighted by Gasteiger charge is 2.36. The van der Waals surface area contributed by atoms with Crippen molar-refractivity contribution in [2.24, 2.45) is 10.8 Å². The molecule has 0 amide bonds. The van der Waals surface area contributed by atoms with Crippen molar-refractivity contribution in [2.45, 2.75) is 126 Å². The fourth-order valence-corrected chi connectivity index (χ4v) is 5.10. The molecule has 0 spiro atoms. The van der Waals surface area contributed by atoms with E-state index in [4.69, 9.17) is 0 Å². The Hall–Kier alpha value is -0.980. The summed E-state index contributed by atoms with van der Waals surface area (Å²) in [4.78, 5) is 0. The number of phenols is 1. The van der Waals surface area contributed by atoms with Crippen molar-refractivity contribution in [3.05, 3.63) is 28.8 Å². The van der Waals surface area contributed by atoms with Crippen molar-refractivity contribution < 1.29 is 5.11 Å². The third-order valence-corrected chi connectivity index (χ3v) is 6.18. The molecule has 0 aliphatic carbocycles. The van der Waals surface area contributed by atoms with Crippen LogP contribution >= 0.6 is 0 Å². The van der Waals surface area contributed by atoms with Gasteiger partial charge in [0, 0.05) is 11.1 Å². The maximum Gasteiger partial charge on any atom is 0.123 e. The molecule has 0 unspecified atom stereocenters. The second-order valence-electron chi connectivity index (χ2n) is 13.4. The topological polar surface area (TPSA) is 20.2 Å². The third kappa shape index (κ3) is 6.26. The third-order valence-electron chi connectivity index (χ3n) is 6.18. The van der Waals surface area contributed by atoms with Crippen molar-refractivity contribution in [2.75, 3.05) is 0 Å². The highest BCUT2D eigenvalue weighted by molar-refractivity contribution is 5.52. The number of benzene rings is 1. The van der Waals surface area contributed by atoms with Gasteiger partial charge in [-0.2, -0.15) is 0 Å². The molecule has 0 heterocycles. The van der Waals surface area contributed by atoms with Crippen LogP contribution in [0.4, 0.5) is 0 Å². The molecule has 1 aromatic rings. The fraction of sp³-hybridized carbons (Fsp3) is 0.778. The van der Waals surface area contributed by atoms with E-state index in [-0.39, 0.29) is 27.1 Å². The SMILES string of the molecule is CCC(C)(C)c1cc(C(C)(C)CC(C)(C)C)cc(C(C)(C)CC(C)(C)C)c1O. The van der Waals surface area contributed by atoms with Crippen molar-refractivity contribution in [1.29, 1.82) is 0 Å². The fourth-order valence-electron chi connectivity index (χ4n) is 5.10.